The van der Waals surface area contributed by atoms with Crippen molar-refractivity contribution in [3.8, 4) is 11.1 Å². The molecule has 0 amide bonds. The van der Waals surface area contributed by atoms with Crippen molar-refractivity contribution in [2.75, 3.05) is 0 Å². The van der Waals surface area contributed by atoms with E-state index in [4.69, 9.17) is 0 Å². The Morgan fingerprint density at radius 2 is 1.57 bits per heavy atom. The van der Waals surface area contributed by atoms with Gasteiger partial charge in [0.1, 0.15) is 0 Å². The molecule has 0 aliphatic rings. The highest BCUT2D eigenvalue weighted by molar-refractivity contribution is 9.10. The Labute approximate surface area is 137 Å². The van der Waals surface area contributed by atoms with Crippen LogP contribution in [0.15, 0.2) is 70.5 Å². The summed E-state index contributed by atoms with van der Waals surface area (Å²) in [5.41, 5.74) is 3.32. The van der Waals surface area contributed by atoms with Gasteiger partial charge in [0, 0.05) is 15.8 Å². The predicted octanol–water partition coefficient (Wildman–Crippen LogP) is 5.45. The maximum Gasteiger partial charge on any atom is 0.0838 e. The molecule has 0 aliphatic heterocycles. The van der Waals surface area contributed by atoms with Crippen molar-refractivity contribution in [2.45, 2.75) is 12.5 Å². The monoisotopic (exact) mass is 358 g/mol. The van der Waals surface area contributed by atoms with Gasteiger partial charge in [-0.15, -0.1) is 11.3 Å². The third-order valence-corrected chi connectivity index (χ3v) is 5.42. The quantitative estimate of drug-likeness (QED) is 0.656. The highest BCUT2D eigenvalue weighted by Gasteiger charge is 2.12. The molecule has 106 valence electrons. The Kier molecular flexibility index (Phi) is 4.54. The van der Waals surface area contributed by atoms with Crippen molar-refractivity contribution >= 4 is 27.3 Å². The second-order valence-electron chi connectivity index (χ2n) is 4.90. The molecule has 0 aliphatic carbocycles. The molecule has 1 heterocycles. The van der Waals surface area contributed by atoms with E-state index in [1.165, 1.54) is 16.0 Å². The Bertz CT molecular complexity index is 704. The van der Waals surface area contributed by atoms with Gasteiger partial charge in [0.2, 0.25) is 0 Å². The van der Waals surface area contributed by atoms with Crippen LogP contribution < -0.4 is 0 Å². The summed E-state index contributed by atoms with van der Waals surface area (Å²) in [4.78, 5) is 1.18. The Morgan fingerprint density at radius 3 is 2.19 bits per heavy atom. The predicted molar refractivity (Wildman–Crippen MR) is 92.6 cm³/mol. The summed E-state index contributed by atoms with van der Waals surface area (Å²) in [6, 6.07) is 20.4. The summed E-state index contributed by atoms with van der Waals surface area (Å²) in [7, 11) is 0. The molecule has 0 fully saturated rings. The summed E-state index contributed by atoms with van der Waals surface area (Å²) in [6.45, 7) is 0. The first kappa shape index (κ1) is 14.5. The standard InChI is InChI=1S/C18H15BrOS/c19-16-10-11-21-18(16)12-17(20)15-8-6-14(7-9-15)13-4-2-1-3-5-13/h1-11,17,20H,12H2. The number of hydrogen-bond donors (Lipinski definition) is 1. The van der Waals surface area contributed by atoms with Gasteiger partial charge < -0.3 is 5.11 Å². The van der Waals surface area contributed by atoms with Gasteiger partial charge in [-0.3, -0.25) is 0 Å². The van der Waals surface area contributed by atoms with Crippen molar-refractivity contribution in [3.05, 3.63) is 81.0 Å². The van der Waals surface area contributed by atoms with E-state index >= 15 is 0 Å². The summed E-state index contributed by atoms with van der Waals surface area (Å²) in [6.07, 6.45) is 0.174. The molecule has 0 saturated heterocycles. The van der Waals surface area contributed by atoms with Gasteiger partial charge in [0.15, 0.2) is 0 Å². The smallest absolute Gasteiger partial charge is 0.0838 e. The fourth-order valence-corrected chi connectivity index (χ4v) is 3.85. The minimum atomic E-state index is -0.468. The van der Waals surface area contributed by atoms with Crippen molar-refractivity contribution in [2.24, 2.45) is 0 Å². The zero-order valence-electron chi connectivity index (χ0n) is 11.4. The molecule has 2 aromatic carbocycles. The Balaban J connectivity index is 1.76. The molecule has 0 bridgehead atoms. The second kappa shape index (κ2) is 6.56. The van der Waals surface area contributed by atoms with Gasteiger partial charge in [-0.05, 0) is 44.1 Å². The van der Waals surface area contributed by atoms with Crippen LogP contribution in [0.4, 0.5) is 0 Å². The lowest BCUT2D eigenvalue weighted by Gasteiger charge is -2.11. The molecule has 0 spiro atoms. The van der Waals surface area contributed by atoms with E-state index in [0.717, 1.165) is 10.0 Å². The number of aliphatic hydroxyl groups excluding tert-OH is 1. The summed E-state index contributed by atoms with van der Waals surface area (Å²) in [5.74, 6) is 0. The van der Waals surface area contributed by atoms with Crippen LogP contribution in [-0.2, 0) is 6.42 Å². The van der Waals surface area contributed by atoms with Crippen molar-refractivity contribution in [3.63, 3.8) is 0 Å². The topological polar surface area (TPSA) is 20.2 Å². The molecule has 3 aromatic rings. The van der Waals surface area contributed by atoms with Crippen LogP contribution in [0.3, 0.4) is 0 Å². The van der Waals surface area contributed by atoms with E-state index in [0.29, 0.717) is 6.42 Å². The minimum absolute atomic E-state index is 0.468. The van der Waals surface area contributed by atoms with E-state index in [9.17, 15) is 5.11 Å². The van der Waals surface area contributed by atoms with Crippen LogP contribution in [-0.4, -0.2) is 5.11 Å². The third kappa shape index (κ3) is 3.43. The fraction of sp³-hybridized carbons (Fsp3) is 0.111. The van der Waals surface area contributed by atoms with Crippen LogP contribution in [0.1, 0.15) is 16.5 Å². The van der Waals surface area contributed by atoms with Crippen LogP contribution in [0.5, 0.6) is 0 Å². The van der Waals surface area contributed by atoms with E-state index in [2.05, 4.69) is 40.2 Å². The first-order chi connectivity index (χ1) is 10.2. The molecule has 0 saturated carbocycles. The first-order valence-corrected chi connectivity index (χ1v) is 8.46. The molecule has 1 unspecified atom stereocenters. The molecule has 0 radical (unpaired) electrons. The third-order valence-electron chi connectivity index (χ3n) is 3.47. The zero-order chi connectivity index (χ0) is 14.7. The maximum absolute atomic E-state index is 10.4. The van der Waals surface area contributed by atoms with Gasteiger partial charge in [-0.1, -0.05) is 54.6 Å². The van der Waals surface area contributed by atoms with Gasteiger partial charge in [-0.25, -0.2) is 0 Å². The largest absolute Gasteiger partial charge is 0.388 e. The number of halogens is 1. The van der Waals surface area contributed by atoms with E-state index in [1.807, 2.05) is 41.8 Å². The second-order valence-corrected chi connectivity index (χ2v) is 6.75. The fourth-order valence-electron chi connectivity index (χ4n) is 2.29. The van der Waals surface area contributed by atoms with Crippen molar-refractivity contribution < 1.29 is 5.11 Å². The highest BCUT2D eigenvalue weighted by atomic mass is 79.9. The SMILES string of the molecule is OC(Cc1sccc1Br)c1ccc(-c2ccccc2)cc1. The van der Waals surface area contributed by atoms with Gasteiger partial charge >= 0.3 is 0 Å². The average molecular weight is 359 g/mol. The minimum Gasteiger partial charge on any atom is -0.388 e. The summed E-state index contributed by atoms with van der Waals surface area (Å²) >= 11 is 5.17. The van der Waals surface area contributed by atoms with E-state index < -0.39 is 6.10 Å². The van der Waals surface area contributed by atoms with Gasteiger partial charge in [0.05, 0.1) is 6.10 Å². The lowest BCUT2D eigenvalue weighted by Crippen LogP contribution is -2.00. The average Bonchev–Trinajstić information content (AvgIpc) is 2.93. The molecular weight excluding hydrogens is 344 g/mol. The molecule has 1 nitrogen and oxygen atoms in total. The van der Waals surface area contributed by atoms with E-state index in [-0.39, 0.29) is 0 Å². The first-order valence-electron chi connectivity index (χ1n) is 6.79. The molecule has 1 N–H and O–H groups in total. The van der Waals surface area contributed by atoms with Gasteiger partial charge in [0.25, 0.3) is 0 Å². The number of rotatable bonds is 4. The molecule has 1 aromatic heterocycles. The number of hydrogen-bond acceptors (Lipinski definition) is 2. The van der Waals surface area contributed by atoms with Crippen LogP contribution >= 0.6 is 27.3 Å². The molecule has 3 heteroatoms. The van der Waals surface area contributed by atoms with Crippen LogP contribution in [0, 0.1) is 0 Å². The molecular formula is C18H15BrOS. The molecule has 3 rings (SSSR count). The zero-order valence-corrected chi connectivity index (χ0v) is 13.8. The van der Waals surface area contributed by atoms with E-state index in [1.54, 1.807) is 11.3 Å². The Morgan fingerprint density at radius 1 is 0.905 bits per heavy atom. The number of thiophene rings is 1. The molecule has 21 heavy (non-hydrogen) atoms. The van der Waals surface area contributed by atoms with Crippen LogP contribution in [0.25, 0.3) is 11.1 Å². The summed E-state index contributed by atoms with van der Waals surface area (Å²) < 4.78 is 1.08. The van der Waals surface area contributed by atoms with Crippen LogP contribution in [0.2, 0.25) is 0 Å². The number of aliphatic hydroxyl groups is 1. The Hall–Kier alpha value is -1.42. The lowest BCUT2D eigenvalue weighted by molar-refractivity contribution is 0.179. The normalized spacial score (nSPS) is 12.3. The summed E-state index contributed by atoms with van der Waals surface area (Å²) in [5, 5.41) is 12.4. The maximum atomic E-state index is 10.4. The highest BCUT2D eigenvalue weighted by Crippen LogP contribution is 2.29. The number of benzene rings is 2. The lowest BCUT2D eigenvalue weighted by atomic mass is 10.0. The molecule has 1 atom stereocenters. The van der Waals surface area contributed by atoms with Gasteiger partial charge in [-0.2, -0.15) is 0 Å². The van der Waals surface area contributed by atoms with Crippen molar-refractivity contribution in [1.29, 1.82) is 0 Å². The van der Waals surface area contributed by atoms with Crippen molar-refractivity contribution in [1.82, 2.24) is 0 Å².